The van der Waals surface area contributed by atoms with Gasteiger partial charge in [-0.25, -0.2) is 0 Å². The Morgan fingerprint density at radius 3 is 2.70 bits per heavy atom. The lowest BCUT2D eigenvalue weighted by Crippen LogP contribution is -2.13. The van der Waals surface area contributed by atoms with E-state index in [1.807, 2.05) is 0 Å². The van der Waals surface area contributed by atoms with Crippen molar-refractivity contribution in [1.82, 2.24) is 5.32 Å². The SMILES string of the molecule is CCNCCCCCN=O. The van der Waals surface area contributed by atoms with Gasteiger partial charge in [0.15, 0.2) is 0 Å². The molecule has 3 nitrogen and oxygen atoms in total. The highest BCUT2D eigenvalue weighted by atomic mass is 16.3. The van der Waals surface area contributed by atoms with Crippen molar-refractivity contribution < 1.29 is 0 Å². The van der Waals surface area contributed by atoms with Crippen LogP contribution in [0, 0.1) is 4.91 Å². The van der Waals surface area contributed by atoms with E-state index in [0.717, 1.165) is 32.4 Å². The quantitative estimate of drug-likeness (QED) is 0.435. The average molecular weight is 144 g/mol. The van der Waals surface area contributed by atoms with Crippen LogP contribution in [0.1, 0.15) is 26.2 Å². The minimum atomic E-state index is 0.478. The Morgan fingerprint density at radius 2 is 2.10 bits per heavy atom. The van der Waals surface area contributed by atoms with E-state index in [9.17, 15) is 4.91 Å². The lowest BCUT2D eigenvalue weighted by atomic mass is 10.2. The van der Waals surface area contributed by atoms with E-state index >= 15 is 0 Å². The second kappa shape index (κ2) is 8.56. The van der Waals surface area contributed by atoms with Crippen molar-refractivity contribution in [2.45, 2.75) is 26.2 Å². The van der Waals surface area contributed by atoms with E-state index in [0.29, 0.717) is 6.54 Å². The van der Waals surface area contributed by atoms with Crippen LogP contribution in [0.4, 0.5) is 0 Å². The molecule has 0 aliphatic rings. The summed E-state index contributed by atoms with van der Waals surface area (Å²) in [6, 6.07) is 0. The van der Waals surface area contributed by atoms with Crippen LogP contribution in [0.25, 0.3) is 0 Å². The molecule has 10 heavy (non-hydrogen) atoms. The van der Waals surface area contributed by atoms with Crippen LogP contribution in [-0.4, -0.2) is 19.6 Å². The molecule has 0 fully saturated rings. The van der Waals surface area contributed by atoms with Crippen LogP contribution in [0.2, 0.25) is 0 Å². The number of nitrogens with one attached hydrogen (secondary N) is 1. The molecule has 0 bridgehead atoms. The molecule has 0 heterocycles. The number of rotatable bonds is 7. The molecule has 0 aromatic carbocycles. The molecule has 0 aromatic rings. The molecule has 0 amide bonds. The summed E-state index contributed by atoms with van der Waals surface area (Å²) in [4.78, 5) is 9.63. The molecule has 1 N–H and O–H groups in total. The maximum Gasteiger partial charge on any atom is 0.0811 e. The van der Waals surface area contributed by atoms with E-state index in [2.05, 4.69) is 17.4 Å². The molecule has 0 spiro atoms. The van der Waals surface area contributed by atoms with E-state index in [1.54, 1.807) is 0 Å². The fourth-order valence-corrected chi connectivity index (χ4v) is 0.780. The van der Waals surface area contributed by atoms with E-state index in [4.69, 9.17) is 0 Å². The molecule has 0 saturated heterocycles. The summed E-state index contributed by atoms with van der Waals surface area (Å²) in [5.41, 5.74) is 0. The van der Waals surface area contributed by atoms with Gasteiger partial charge in [-0.05, 0) is 25.9 Å². The van der Waals surface area contributed by atoms with E-state index in [1.165, 1.54) is 0 Å². The van der Waals surface area contributed by atoms with Crippen molar-refractivity contribution in [3.05, 3.63) is 4.91 Å². The van der Waals surface area contributed by atoms with Crippen molar-refractivity contribution >= 4 is 0 Å². The number of hydrogen-bond donors (Lipinski definition) is 1. The number of unbranched alkanes of at least 4 members (excludes halogenated alkanes) is 2. The first-order valence-electron chi connectivity index (χ1n) is 3.91. The summed E-state index contributed by atoms with van der Waals surface area (Å²) in [5.74, 6) is 0. The van der Waals surface area contributed by atoms with Crippen LogP contribution in [0.3, 0.4) is 0 Å². The van der Waals surface area contributed by atoms with Crippen molar-refractivity contribution in [3.63, 3.8) is 0 Å². The minimum Gasteiger partial charge on any atom is -0.317 e. The lowest BCUT2D eigenvalue weighted by Gasteiger charge is -1.98. The number of nitroso groups, excluding NO2 is 1. The smallest absolute Gasteiger partial charge is 0.0811 e. The van der Waals surface area contributed by atoms with Gasteiger partial charge < -0.3 is 5.32 Å². The third-order valence-corrected chi connectivity index (χ3v) is 1.35. The zero-order valence-corrected chi connectivity index (χ0v) is 6.60. The Hall–Kier alpha value is -0.440. The molecular formula is C7H16N2O. The van der Waals surface area contributed by atoms with Gasteiger partial charge in [0.25, 0.3) is 0 Å². The van der Waals surface area contributed by atoms with Crippen LogP contribution < -0.4 is 5.32 Å². The number of nitrogens with zero attached hydrogens (tertiary/aromatic N) is 1. The molecule has 60 valence electrons. The van der Waals surface area contributed by atoms with Gasteiger partial charge in [-0.15, -0.1) is 0 Å². The molecule has 0 rings (SSSR count). The molecule has 0 unspecified atom stereocenters. The second-order valence-corrected chi connectivity index (χ2v) is 2.27. The largest absolute Gasteiger partial charge is 0.317 e. The molecule has 0 atom stereocenters. The first-order chi connectivity index (χ1) is 4.91. The van der Waals surface area contributed by atoms with Crippen LogP contribution >= 0.6 is 0 Å². The highest BCUT2D eigenvalue weighted by Gasteiger charge is 1.87. The molecule has 0 radical (unpaired) electrons. The minimum absolute atomic E-state index is 0.478. The van der Waals surface area contributed by atoms with E-state index in [-0.39, 0.29) is 0 Å². The van der Waals surface area contributed by atoms with Crippen LogP contribution in [-0.2, 0) is 0 Å². The molecular weight excluding hydrogens is 128 g/mol. The normalized spacial score (nSPS) is 9.70. The maximum atomic E-state index is 9.63. The summed E-state index contributed by atoms with van der Waals surface area (Å²) in [6.45, 7) is 4.67. The van der Waals surface area contributed by atoms with Crippen molar-refractivity contribution in [2.75, 3.05) is 19.6 Å². The lowest BCUT2D eigenvalue weighted by molar-refractivity contribution is 0.621. The summed E-state index contributed by atoms with van der Waals surface area (Å²) >= 11 is 0. The first-order valence-corrected chi connectivity index (χ1v) is 3.91. The van der Waals surface area contributed by atoms with Crippen LogP contribution in [0.15, 0.2) is 5.18 Å². The van der Waals surface area contributed by atoms with Gasteiger partial charge in [0.2, 0.25) is 0 Å². The summed E-state index contributed by atoms with van der Waals surface area (Å²) in [6.07, 6.45) is 3.21. The molecule has 0 saturated carbocycles. The number of hydrogen-bond acceptors (Lipinski definition) is 3. The predicted molar refractivity (Wildman–Crippen MR) is 43.1 cm³/mol. The van der Waals surface area contributed by atoms with Gasteiger partial charge >= 0.3 is 0 Å². The van der Waals surface area contributed by atoms with Gasteiger partial charge in [0.05, 0.1) is 6.54 Å². The molecule has 0 aliphatic carbocycles. The van der Waals surface area contributed by atoms with Gasteiger partial charge in [0.1, 0.15) is 0 Å². The van der Waals surface area contributed by atoms with Crippen molar-refractivity contribution in [3.8, 4) is 0 Å². The third kappa shape index (κ3) is 7.56. The highest BCUT2D eigenvalue weighted by Crippen LogP contribution is 1.93. The first kappa shape index (κ1) is 9.56. The Bertz CT molecular complexity index is 76.0. The van der Waals surface area contributed by atoms with Gasteiger partial charge in [-0.1, -0.05) is 18.5 Å². The Morgan fingerprint density at radius 1 is 1.30 bits per heavy atom. The third-order valence-electron chi connectivity index (χ3n) is 1.35. The molecule has 3 heteroatoms. The van der Waals surface area contributed by atoms with Crippen molar-refractivity contribution in [1.29, 1.82) is 0 Å². The zero-order chi connectivity index (χ0) is 7.66. The predicted octanol–water partition coefficient (Wildman–Crippen LogP) is 1.53. The summed E-state index contributed by atoms with van der Waals surface area (Å²) < 4.78 is 0. The fraction of sp³-hybridized carbons (Fsp3) is 1.00. The average Bonchev–Trinajstić information content (AvgIpc) is 1.97. The van der Waals surface area contributed by atoms with Crippen LogP contribution in [0.5, 0.6) is 0 Å². The molecule has 0 aliphatic heterocycles. The van der Waals surface area contributed by atoms with Gasteiger partial charge in [-0.2, -0.15) is 4.91 Å². The molecule has 0 aromatic heterocycles. The highest BCUT2D eigenvalue weighted by molar-refractivity contribution is 4.47. The van der Waals surface area contributed by atoms with Gasteiger partial charge in [0, 0.05) is 0 Å². The standard InChI is InChI=1S/C7H16N2O/c1-2-8-6-4-3-5-7-9-10/h8H,2-7H2,1H3. The zero-order valence-electron chi connectivity index (χ0n) is 6.60. The Labute approximate surface area is 62.2 Å². The topological polar surface area (TPSA) is 41.5 Å². The van der Waals surface area contributed by atoms with E-state index < -0.39 is 0 Å². The summed E-state index contributed by atoms with van der Waals surface area (Å²) in [5, 5.41) is 6.00. The second-order valence-electron chi connectivity index (χ2n) is 2.27. The Balaban J connectivity index is 2.70. The fourth-order valence-electron chi connectivity index (χ4n) is 0.780. The maximum absolute atomic E-state index is 9.63. The van der Waals surface area contributed by atoms with Gasteiger partial charge in [-0.3, -0.25) is 0 Å². The summed E-state index contributed by atoms with van der Waals surface area (Å²) in [7, 11) is 0. The van der Waals surface area contributed by atoms with Crippen molar-refractivity contribution in [2.24, 2.45) is 5.18 Å². The Kier molecular flexibility index (Phi) is 8.18. The monoisotopic (exact) mass is 144 g/mol.